The normalized spacial score (nSPS) is 17.7. The highest BCUT2D eigenvalue weighted by Gasteiger charge is 2.34. The summed E-state index contributed by atoms with van der Waals surface area (Å²) in [6.45, 7) is 2.37. The highest BCUT2D eigenvalue weighted by molar-refractivity contribution is 5.97. The molecule has 0 spiro atoms. The molecule has 2 aromatic rings. The zero-order valence-corrected chi connectivity index (χ0v) is 12.1. The fraction of sp³-hybridized carbons (Fsp3) is 0.333. The van der Waals surface area contributed by atoms with Gasteiger partial charge < -0.3 is 10.0 Å². The number of rotatable bonds is 3. The highest BCUT2D eigenvalue weighted by atomic mass is 16.4. The van der Waals surface area contributed by atoms with Gasteiger partial charge in [0, 0.05) is 12.1 Å². The zero-order chi connectivity index (χ0) is 15.7. The molecule has 1 N–H and O–H groups in total. The minimum atomic E-state index is -0.943. The highest BCUT2D eigenvalue weighted by Crippen LogP contribution is 2.22. The number of aliphatic carboxylic acids is 1. The van der Waals surface area contributed by atoms with Gasteiger partial charge in [-0.25, -0.2) is 14.5 Å². The van der Waals surface area contributed by atoms with E-state index in [1.54, 1.807) is 29.2 Å². The van der Waals surface area contributed by atoms with Crippen LogP contribution in [0.15, 0.2) is 30.9 Å². The Hall–Kier alpha value is -2.70. The van der Waals surface area contributed by atoms with Gasteiger partial charge in [0.15, 0.2) is 0 Å². The van der Waals surface area contributed by atoms with Gasteiger partial charge >= 0.3 is 5.97 Å². The maximum Gasteiger partial charge on any atom is 0.326 e. The first-order valence-corrected chi connectivity index (χ1v) is 7.07. The third-order valence-electron chi connectivity index (χ3n) is 3.91. The van der Waals surface area contributed by atoms with E-state index < -0.39 is 12.0 Å². The maximum absolute atomic E-state index is 12.5. The molecule has 114 valence electrons. The Kier molecular flexibility index (Phi) is 3.62. The van der Waals surface area contributed by atoms with Gasteiger partial charge in [0.2, 0.25) is 0 Å². The molecule has 0 radical (unpaired) electrons. The summed E-state index contributed by atoms with van der Waals surface area (Å²) in [5.41, 5.74) is 2.21. The molecular weight excluding hydrogens is 284 g/mol. The van der Waals surface area contributed by atoms with Crippen LogP contribution >= 0.6 is 0 Å². The van der Waals surface area contributed by atoms with Crippen LogP contribution in [-0.2, 0) is 4.79 Å². The number of hydrogen-bond donors (Lipinski definition) is 1. The van der Waals surface area contributed by atoms with Gasteiger partial charge in [0.25, 0.3) is 5.91 Å². The van der Waals surface area contributed by atoms with E-state index in [1.165, 1.54) is 11.2 Å². The van der Waals surface area contributed by atoms with Crippen molar-refractivity contribution in [3.05, 3.63) is 42.0 Å². The van der Waals surface area contributed by atoms with Crippen molar-refractivity contribution >= 4 is 11.9 Å². The van der Waals surface area contributed by atoms with Crippen molar-refractivity contribution in [2.24, 2.45) is 0 Å². The topological polar surface area (TPSA) is 88.3 Å². The number of carbonyl (C=O) groups is 2. The Morgan fingerprint density at radius 2 is 2.18 bits per heavy atom. The summed E-state index contributed by atoms with van der Waals surface area (Å²) in [4.78, 5) is 29.1. The van der Waals surface area contributed by atoms with Gasteiger partial charge in [-0.2, -0.15) is 5.10 Å². The van der Waals surface area contributed by atoms with Crippen LogP contribution in [0, 0.1) is 6.92 Å². The molecule has 1 aliphatic rings. The van der Waals surface area contributed by atoms with Crippen LogP contribution in [0.4, 0.5) is 0 Å². The molecule has 7 nitrogen and oxygen atoms in total. The first-order valence-electron chi connectivity index (χ1n) is 7.07. The number of aryl methyl sites for hydroxylation is 1. The van der Waals surface area contributed by atoms with E-state index in [9.17, 15) is 14.7 Å². The summed E-state index contributed by atoms with van der Waals surface area (Å²) in [5, 5.41) is 13.3. The van der Waals surface area contributed by atoms with Crippen LogP contribution in [0.5, 0.6) is 0 Å². The first-order chi connectivity index (χ1) is 10.6. The number of likely N-dealkylation sites (tertiary alicyclic amines) is 1. The lowest BCUT2D eigenvalue weighted by Gasteiger charge is -2.21. The number of amides is 1. The lowest BCUT2D eigenvalue weighted by molar-refractivity contribution is -0.141. The van der Waals surface area contributed by atoms with E-state index in [2.05, 4.69) is 10.1 Å². The summed E-state index contributed by atoms with van der Waals surface area (Å²) in [6.07, 6.45) is 4.26. The van der Waals surface area contributed by atoms with Crippen molar-refractivity contribution in [2.45, 2.75) is 25.8 Å². The Bertz CT molecular complexity index is 712. The van der Waals surface area contributed by atoms with Crippen LogP contribution < -0.4 is 0 Å². The zero-order valence-electron chi connectivity index (χ0n) is 12.1. The molecule has 1 amide bonds. The van der Waals surface area contributed by atoms with Gasteiger partial charge in [-0.3, -0.25) is 4.79 Å². The summed E-state index contributed by atoms with van der Waals surface area (Å²) >= 11 is 0. The first kappa shape index (κ1) is 14.2. The third kappa shape index (κ3) is 2.45. The van der Waals surface area contributed by atoms with Crippen molar-refractivity contribution in [2.75, 3.05) is 6.54 Å². The molecule has 7 heteroatoms. The van der Waals surface area contributed by atoms with Gasteiger partial charge in [0.1, 0.15) is 18.7 Å². The minimum Gasteiger partial charge on any atom is -0.480 e. The average molecular weight is 300 g/mol. The second-order valence-corrected chi connectivity index (χ2v) is 5.34. The second kappa shape index (κ2) is 5.59. The van der Waals surface area contributed by atoms with Crippen molar-refractivity contribution in [1.82, 2.24) is 19.7 Å². The number of nitrogens with zero attached hydrogens (tertiary/aromatic N) is 4. The molecule has 0 unspecified atom stereocenters. The molecule has 1 fully saturated rings. The van der Waals surface area contributed by atoms with E-state index in [4.69, 9.17) is 0 Å². The number of benzene rings is 1. The Morgan fingerprint density at radius 3 is 2.82 bits per heavy atom. The predicted molar refractivity (Wildman–Crippen MR) is 77.8 cm³/mol. The van der Waals surface area contributed by atoms with E-state index in [1.807, 2.05) is 6.92 Å². The van der Waals surface area contributed by atoms with Crippen molar-refractivity contribution in [3.8, 4) is 5.69 Å². The quantitative estimate of drug-likeness (QED) is 0.922. The molecule has 1 saturated heterocycles. The van der Waals surface area contributed by atoms with E-state index in [0.717, 1.165) is 17.7 Å². The molecule has 1 aliphatic heterocycles. The van der Waals surface area contributed by atoms with Crippen LogP contribution in [0.2, 0.25) is 0 Å². The Labute approximate surface area is 127 Å². The predicted octanol–water partition coefficient (Wildman–Crippen LogP) is 1.26. The largest absolute Gasteiger partial charge is 0.480 e. The average Bonchev–Trinajstić information content (AvgIpc) is 3.17. The third-order valence-corrected chi connectivity index (χ3v) is 3.91. The molecule has 0 saturated carbocycles. The number of carboxylic acids is 1. The standard InChI is InChI=1S/C15H16N4O3/c1-10-7-11(4-5-12(10)19-9-16-8-17-19)14(20)18-6-2-3-13(18)15(21)22/h4-5,7-9,13H,2-3,6H2,1H3,(H,21,22)/t13-/m1/s1. The number of hydrogen-bond acceptors (Lipinski definition) is 4. The Balaban J connectivity index is 1.88. The summed E-state index contributed by atoms with van der Waals surface area (Å²) in [5.74, 6) is -1.18. The molecule has 2 heterocycles. The van der Waals surface area contributed by atoms with Crippen molar-refractivity contribution in [3.63, 3.8) is 0 Å². The van der Waals surface area contributed by atoms with Crippen molar-refractivity contribution in [1.29, 1.82) is 0 Å². The molecule has 0 aliphatic carbocycles. The van der Waals surface area contributed by atoms with Crippen LogP contribution in [0.3, 0.4) is 0 Å². The summed E-state index contributed by atoms with van der Waals surface area (Å²) in [6, 6.07) is 4.53. The fourth-order valence-corrected chi connectivity index (χ4v) is 2.81. The van der Waals surface area contributed by atoms with Crippen LogP contribution in [0.25, 0.3) is 5.69 Å². The maximum atomic E-state index is 12.5. The number of carbonyl (C=O) groups excluding carboxylic acids is 1. The second-order valence-electron chi connectivity index (χ2n) is 5.34. The fourth-order valence-electron chi connectivity index (χ4n) is 2.81. The molecule has 22 heavy (non-hydrogen) atoms. The lowest BCUT2D eigenvalue weighted by Crippen LogP contribution is -2.40. The molecule has 1 atom stereocenters. The molecule has 1 aromatic carbocycles. The smallest absolute Gasteiger partial charge is 0.326 e. The lowest BCUT2D eigenvalue weighted by atomic mass is 10.1. The number of aromatic nitrogens is 3. The number of carboxylic acid groups (broad SMARTS) is 1. The molecule has 3 rings (SSSR count). The monoisotopic (exact) mass is 300 g/mol. The van der Waals surface area contributed by atoms with Crippen LogP contribution in [0.1, 0.15) is 28.8 Å². The molecular formula is C15H16N4O3. The summed E-state index contributed by atoms with van der Waals surface area (Å²) in [7, 11) is 0. The van der Waals surface area contributed by atoms with Gasteiger partial charge in [-0.15, -0.1) is 0 Å². The SMILES string of the molecule is Cc1cc(C(=O)N2CCC[C@@H]2C(=O)O)ccc1-n1cncn1. The summed E-state index contributed by atoms with van der Waals surface area (Å²) < 4.78 is 1.62. The molecule has 0 bridgehead atoms. The van der Waals surface area contributed by atoms with Gasteiger partial charge in [-0.1, -0.05) is 0 Å². The van der Waals surface area contributed by atoms with Crippen molar-refractivity contribution < 1.29 is 14.7 Å². The Morgan fingerprint density at radius 1 is 1.36 bits per heavy atom. The van der Waals surface area contributed by atoms with E-state index in [-0.39, 0.29) is 5.91 Å². The minimum absolute atomic E-state index is 0.238. The van der Waals surface area contributed by atoms with E-state index >= 15 is 0 Å². The van der Waals surface area contributed by atoms with Gasteiger partial charge in [-0.05, 0) is 43.5 Å². The van der Waals surface area contributed by atoms with E-state index in [0.29, 0.717) is 18.5 Å². The molecule has 1 aromatic heterocycles. The van der Waals surface area contributed by atoms with Crippen LogP contribution in [-0.4, -0.2) is 49.2 Å². The van der Waals surface area contributed by atoms with Gasteiger partial charge in [0.05, 0.1) is 5.69 Å².